The molecular weight excluding hydrogens is 256 g/mol. The molecule has 1 aromatic carbocycles. The van der Waals surface area contributed by atoms with Gasteiger partial charge in [0.05, 0.1) is 12.3 Å². The molecule has 5 nitrogen and oxygen atoms in total. The molecule has 0 radical (unpaired) electrons. The molecule has 1 heterocycles. The monoisotopic (exact) mass is 276 g/mol. The summed E-state index contributed by atoms with van der Waals surface area (Å²) in [6.07, 6.45) is 1.91. The first-order valence-electron chi connectivity index (χ1n) is 6.92. The number of hydrogen-bond donors (Lipinski definition) is 1. The Balaban J connectivity index is 2.06. The number of benzene rings is 1. The van der Waals surface area contributed by atoms with Crippen molar-refractivity contribution in [3.05, 3.63) is 24.3 Å². The minimum Gasteiger partial charge on any atom is -0.491 e. The van der Waals surface area contributed by atoms with Crippen molar-refractivity contribution in [2.45, 2.75) is 32.2 Å². The van der Waals surface area contributed by atoms with Gasteiger partial charge in [-0.15, -0.1) is 0 Å². The molecule has 1 atom stereocenters. The molecule has 1 aliphatic rings. The Morgan fingerprint density at radius 3 is 2.85 bits per heavy atom. The summed E-state index contributed by atoms with van der Waals surface area (Å²) in [5.74, 6) is 0.515. The predicted octanol–water partition coefficient (Wildman–Crippen LogP) is 2.03. The molecule has 0 aromatic heterocycles. The van der Waals surface area contributed by atoms with E-state index >= 15 is 0 Å². The summed E-state index contributed by atoms with van der Waals surface area (Å²) in [6.45, 7) is 2.63. The third kappa shape index (κ3) is 3.10. The average molecular weight is 276 g/mol. The highest BCUT2D eigenvalue weighted by atomic mass is 16.5. The highest BCUT2D eigenvalue weighted by molar-refractivity contribution is 5.99. The van der Waals surface area contributed by atoms with Crippen LogP contribution in [-0.4, -0.2) is 36.4 Å². The van der Waals surface area contributed by atoms with Gasteiger partial charge in [0.2, 0.25) is 11.8 Å². The lowest BCUT2D eigenvalue weighted by atomic mass is 10.2. The third-order valence-electron chi connectivity index (χ3n) is 3.40. The summed E-state index contributed by atoms with van der Waals surface area (Å²) in [7, 11) is 1.67. The number of para-hydroxylation sites is 2. The van der Waals surface area contributed by atoms with Crippen LogP contribution in [0.4, 0.5) is 5.69 Å². The lowest BCUT2D eigenvalue weighted by Crippen LogP contribution is -2.38. The van der Waals surface area contributed by atoms with Crippen molar-refractivity contribution < 1.29 is 14.3 Å². The fraction of sp³-hybridized carbons (Fsp3) is 0.467. The van der Waals surface area contributed by atoms with Crippen molar-refractivity contribution >= 4 is 17.5 Å². The molecule has 108 valence electrons. The zero-order valence-electron chi connectivity index (χ0n) is 11.9. The molecule has 1 unspecified atom stereocenters. The Hall–Kier alpha value is -2.04. The molecule has 1 N–H and O–H groups in total. The van der Waals surface area contributed by atoms with Gasteiger partial charge in [-0.2, -0.15) is 0 Å². The number of ether oxygens (including phenoxy) is 1. The van der Waals surface area contributed by atoms with Crippen molar-refractivity contribution in [2.24, 2.45) is 0 Å². The van der Waals surface area contributed by atoms with Gasteiger partial charge in [-0.05, 0) is 25.0 Å². The molecule has 20 heavy (non-hydrogen) atoms. The van der Waals surface area contributed by atoms with Gasteiger partial charge in [0, 0.05) is 13.5 Å². The van der Waals surface area contributed by atoms with Crippen molar-refractivity contribution in [1.29, 1.82) is 0 Å². The van der Waals surface area contributed by atoms with Gasteiger partial charge in [-0.1, -0.05) is 19.1 Å². The van der Waals surface area contributed by atoms with Crippen molar-refractivity contribution in [1.82, 2.24) is 4.90 Å². The summed E-state index contributed by atoms with van der Waals surface area (Å²) >= 11 is 0. The summed E-state index contributed by atoms with van der Waals surface area (Å²) in [6, 6.07) is 6.96. The molecule has 2 rings (SSSR count). The van der Waals surface area contributed by atoms with E-state index in [1.165, 1.54) is 4.90 Å². The molecule has 1 fully saturated rings. The van der Waals surface area contributed by atoms with Crippen LogP contribution >= 0.6 is 0 Å². The van der Waals surface area contributed by atoms with E-state index in [9.17, 15) is 9.59 Å². The number of nitrogens with zero attached hydrogens (tertiary/aromatic N) is 1. The fourth-order valence-corrected chi connectivity index (χ4v) is 2.23. The molecule has 1 aromatic rings. The van der Waals surface area contributed by atoms with Crippen molar-refractivity contribution in [3.8, 4) is 5.75 Å². The molecular formula is C15H20N2O3. The lowest BCUT2D eigenvalue weighted by Gasteiger charge is -2.20. The Kier molecular flexibility index (Phi) is 4.61. The van der Waals surface area contributed by atoms with Crippen LogP contribution in [0.1, 0.15) is 26.2 Å². The SMILES string of the molecule is CCCOc1ccccc1NC(=O)C1CCC(=O)N1C. The zero-order chi connectivity index (χ0) is 14.5. The van der Waals surface area contributed by atoms with E-state index in [4.69, 9.17) is 4.74 Å². The summed E-state index contributed by atoms with van der Waals surface area (Å²) in [4.78, 5) is 25.2. The van der Waals surface area contributed by atoms with Crippen LogP contribution in [0.3, 0.4) is 0 Å². The van der Waals surface area contributed by atoms with Crippen LogP contribution in [-0.2, 0) is 9.59 Å². The van der Waals surface area contributed by atoms with E-state index < -0.39 is 0 Å². The quantitative estimate of drug-likeness (QED) is 0.895. The van der Waals surface area contributed by atoms with Crippen LogP contribution in [0, 0.1) is 0 Å². The second kappa shape index (κ2) is 6.41. The van der Waals surface area contributed by atoms with Crippen LogP contribution < -0.4 is 10.1 Å². The Morgan fingerprint density at radius 2 is 2.20 bits per heavy atom. The van der Waals surface area contributed by atoms with E-state index in [0.717, 1.165) is 6.42 Å². The number of likely N-dealkylation sites (tertiary alicyclic amines) is 1. The number of amides is 2. The van der Waals surface area contributed by atoms with Crippen LogP contribution in [0.15, 0.2) is 24.3 Å². The summed E-state index contributed by atoms with van der Waals surface area (Å²) < 4.78 is 5.60. The molecule has 2 amide bonds. The largest absolute Gasteiger partial charge is 0.491 e. The molecule has 0 saturated carbocycles. The maximum absolute atomic E-state index is 12.2. The fourth-order valence-electron chi connectivity index (χ4n) is 2.23. The topological polar surface area (TPSA) is 58.6 Å². The summed E-state index contributed by atoms with van der Waals surface area (Å²) in [5, 5.41) is 2.85. The normalized spacial score (nSPS) is 18.2. The Bertz CT molecular complexity index is 502. The first-order valence-corrected chi connectivity index (χ1v) is 6.92. The van der Waals surface area contributed by atoms with Gasteiger partial charge in [-0.3, -0.25) is 9.59 Å². The number of rotatable bonds is 5. The third-order valence-corrected chi connectivity index (χ3v) is 3.40. The summed E-state index contributed by atoms with van der Waals surface area (Å²) in [5.41, 5.74) is 0.652. The number of hydrogen-bond acceptors (Lipinski definition) is 3. The highest BCUT2D eigenvalue weighted by Gasteiger charge is 2.33. The van der Waals surface area contributed by atoms with Crippen LogP contribution in [0.5, 0.6) is 5.75 Å². The van der Waals surface area contributed by atoms with Crippen molar-refractivity contribution in [3.63, 3.8) is 0 Å². The molecule has 0 aliphatic carbocycles. The van der Waals surface area contributed by atoms with Gasteiger partial charge in [-0.25, -0.2) is 0 Å². The number of nitrogens with one attached hydrogen (secondary N) is 1. The molecule has 1 saturated heterocycles. The standard InChI is InChI=1S/C15H20N2O3/c1-3-10-20-13-7-5-4-6-11(13)16-15(19)12-8-9-14(18)17(12)2/h4-7,12H,3,8-10H2,1-2H3,(H,16,19). The molecule has 1 aliphatic heterocycles. The van der Waals surface area contributed by atoms with Crippen molar-refractivity contribution in [2.75, 3.05) is 19.0 Å². The number of carbonyl (C=O) groups is 2. The number of likely N-dealkylation sites (N-methyl/N-ethyl adjacent to an activating group) is 1. The van der Waals surface area contributed by atoms with Gasteiger partial charge in [0.15, 0.2) is 0 Å². The number of carbonyl (C=O) groups excluding carboxylic acids is 2. The average Bonchev–Trinajstić information content (AvgIpc) is 2.78. The minimum absolute atomic E-state index is 0.0145. The predicted molar refractivity (Wildman–Crippen MR) is 76.6 cm³/mol. The first-order chi connectivity index (χ1) is 9.63. The lowest BCUT2D eigenvalue weighted by molar-refractivity contribution is -0.131. The smallest absolute Gasteiger partial charge is 0.247 e. The Morgan fingerprint density at radius 1 is 1.45 bits per heavy atom. The van der Waals surface area contributed by atoms with Gasteiger partial charge in [0.1, 0.15) is 11.8 Å². The van der Waals surface area contributed by atoms with Crippen LogP contribution in [0.25, 0.3) is 0 Å². The minimum atomic E-state index is -0.387. The van der Waals surface area contributed by atoms with E-state index in [1.54, 1.807) is 13.1 Å². The zero-order valence-corrected chi connectivity index (χ0v) is 11.9. The van der Waals surface area contributed by atoms with Gasteiger partial charge < -0.3 is 15.0 Å². The molecule has 0 bridgehead atoms. The Labute approximate surface area is 118 Å². The first kappa shape index (κ1) is 14.4. The molecule has 0 spiro atoms. The highest BCUT2D eigenvalue weighted by Crippen LogP contribution is 2.25. The number of anilines is 1. The maximum atomic E-state index is 12.2. The van der Waals surface area contributed by atoms with Gasteiger partial charge in [0.25, 0.3) is 0 Å². The van der Waals surface area contributed by atoms with E-state index in [1.807, 2.05) is 25.1 Å². The van der Waals surface area contributed by atoms with Crippen LogP contribution in [0.2, 0.25) is 0 Å². The second-order valence-corrected chi connectivity index (χ2v) is 4.89. The van der Waals surface area contributed by atoms with E-state index in [2.05, 4.69) is 5.32 Å². The van der Waals surface area contributed by atoms with E-state index in [-0.39, 0.29) is 17.9 Å². The maximum Gasteiger partial charge on any atom is 0.247 e. The second-order valence-electron chi connectivity index (χ2n) is 4.89. The van der Waals surface area contributed by atoms with Gasteiger partial charge >= 0.3 is 0 Å². The van der Waals surface area contributed by atoms with E-state index in [0.29, 0.717) is 30.9 Å². The molecule has 5 heteroatoms.